The van der Waals surface area contributed by atoms with Gasteiger partial charge in [-0.25, -0.2) is 4.98 Å². The van der Waals surface area contributed by atoms with Crippen LogP contribution < -0.4 is 0 Å². The van der Waals surface area contributed by atoms with Gasteiger partial charge in [-0.05, 0) is 30.2 Å². The number of hydrogen-bond acceptors (Lipinski definition) is 2. The van der Waals surface area contributed by atoms with Crippen LogP contribution in [0.5, 0.6) is 0 Å². The molecule has 0 radical (unpaired) electrons. The summed E-state index contributed by atoms with van der Waals surface area (Å²) in [5.74, 6) is 0.101. The topological polar surface area (TPSA) is 38.1 Å². The van der Waals surface area contributed by atoms with E-state index in [1.54, 1.807) is 6.33 Å². The van der Waals surface area contributed by atoms with Crippen molar-refractivity contribution in [2.24, 2.45) is 0 Å². The third-order valence-corrected chi connectivity index (χ3v) is 5.34. The van der Waals surface area contributed by atoms with Gasteiger partial charge in [0.2, 0.25) is 0 Å². The Hall–Kier alpha value is -2.40. The Labute approximate surface area is 155 Å². The first-order chi connectivity index (χ1) is 12.1. The summed E-state index contributed by atoms with van der Waals surface area (Å²) in [5.41, 5.74) is 3.16. The highest BCUT2D eigenvalue weighted by molar-refractivity contribution is 9.10. The van der Waals surface area contributed by atoms with E-state index in [9.17, 15) is 4.79 Å². The van der Waals surface area contributed by atoms with Crippen LogP contribution in [0.4, 0.5) is 0 Å². The molecule has 4 nitrogen and oxygen atoms in total. The lowest BCUT2D eigenvalue weighted by molar-refractivity contribution is -0.138. The number of imidazole rings is 1. The molecule has 3 aromatic rings. The third kappa shape index (κ3) is 2.89. The van der Waals surface area contributed by atoms with Crippen LogP contribution in [0.15, 0.2) is 71.6 Å². The van der Waals surface area contributed by atoms with E-state index < -0.39 is 0 Å². The standard InChI is InChI=1S/C20H18BrN3O/c1-14(15-5-3-2-4-6-15)23-12-18-11-22-13-24(18)19(20(23)25)16-7-9-17(21)10-8-16/h2-11,13-14,19H,12H2,1H3/t14-,19-/m1/s1. The van der Waals surface area contributed by atoms with Crippen LogP contribution in [0, 0.1) is 0 Å². The zero-order valence-electron chi connectivity index (χ0n) is 13.8. The smallest absolute Gasteiger partial charge is 0.251 e. The Balaban J connectivity index is 1.75. The molecule has 1 aromatic heterocycles. The lowest BCUT2D eigenvalue weighted by Crippen LogP contribution is -2.43. The predicted molar refractivity (Wildman–Crippen MR) is 99.9 cm³/mol. The highest BCUT2D eigenvalue weighted by Gasteiger charge is 2.36. The minimum atomic E-state index is -0.370. The molecule has 0 fully saturated rings. The Kier molecular flexibility index (Phi) is 4.17. The van der Waals surface area contributed by atoms with Crippen LogP contribution in [0.3, 0.4) is 0 Å². The van der Waals surface area contributed by atoms with Gasteiger partial charge in [0.05, 0.1) is 24.6 Å². The van der Waals surface area contributed by atoms with Crippen molar-refractivity contribution >= 4 is 21.8 Å². The van der Waals surface area contributed by atoms with E-state index in [2.05, 4.69) is 40.0 Å². The summed E-state index contributed by atoms with van der Waals surface area (Å²) in [5, 5.41) is 0. The zero-order chi connectivity index (χ0) is 17.4. The minimum absolute atomic E-state index is 0.00954. The molecule has 2 atom stereocenters. The molecule has 2 heterocycles. The lowest BCUT2D eigenvalue weighted by atomic mass is 9.99. The van der Waals surface area contributed by atoms with Crippen LogP contribution in [-0.4, -0.2) is 20.4 Å². The highest BCUT2D eigenvalue weighted by atomic mass is 79.9. The fourth-order valence-electron chi connectivity index (χ4n) is 3.40. The normalized spacial score (nSPS) is 18.1. The van der Waals surface area contributed by atoms with Gasteiger partial charge in [-0.1, -0.05) is 58.4 Å². The molecule has 0 saturated carbocycles. The van der Waals surface area contributed by atoms with Gasteiger partial charge in [0.25, 0.3) is 5.91 Å². The van der Waals surface area contributed by atoms with Crippen molar-refractivity contribution in [2.45, 2.75) is 25.6 Å². The van der Waals surface area contributed by atoms with Gasteiger partial charge in [-0.15, -0.1) is 0 Å². The lowest BCUT2D eigenvalue weighted by Gasteiger charge is -2.38. The zero-order valence-corrected chi connectivity index (χ0v) is 15.4. The molecule has 4 rings (SSSR count). The number of fused-ring (bicyclic) bond motifs is 1. The Bertz CT molecular complexity index is 889. The minimum Gasteiger partial charge on any atom is -0.328 e. The van der Waals surface area contributed by atoms with E-state index in [1.165, 1.54) is 0 Å². The molecule has 0 aliphatic carbocycles. The van der Waals surface area contributed by atoms with Crippen LogP contribution >= 0.6 is 15.9 Å². The maximum atomic E-state index is 13.4. The average Bonchev–Trinajstić information content (AvgIpc) is 3.10. The summed E-state index contributed by atoms with van der Waals surface area (Å²) in [6, 6.07) is 17.7. The molecule has 0 spiro atoms. The highest BCUT2D eigenvalue weighted by Crippen LogP contribution is 2.33. The summed E-state index contributed by atoms with van der Waals surface area (Å²) in [6.45, 7) is 2.65. The van der Waals surface area contributed by atoms with Crippen LogP contribution in [0.25, 0.3) is 0 Å². The van der Waals surface area contributed by atoms with Gasteiger partial charge >= 0.3 is 0 Å². The van der Waals surface area contributed by atoms with Crippen molar-refractivity contribution in [2.75, 3.05) is 0 Å². The first-order valence-electron chi connectivity index (χ1n) is 8.27. The summed E-state index contributed by atoms with van der Waals surface area (Å²) in [4.78, 5) is 19.6. The molecule has 0 unspecified atom stereocenters. The number of halogens is 1. The number of benzene rings is 2. The number of carbonyl (C=O) groups is 1. The monoisotopic (exact) mass is 395 g/mol. The molecule has 0 saturated heterocycles. The largest absolute Gasteiger partial charge is 0.328 e. The maximum Gasteiger partial charge on any atom is 0.251 e. The molecule has 1 amide bonds. The van der Waals surface area contributed by atoms with Crippen molar-refractivity contribution in [1.82, 2.24) is 14.5 Å². The summed E-state index contributed by atoms with van der Waals surface area (Å²) in [6.07, 6.45) is 3.60. The second kappa shape index (κ2) is 6.48. The second-order valence-corrected chi connectivity index (χ2v) is 7.21. The van der Waals surface area contributed by atoms with Crippen LogP contribution in [-0.2, 0) is 11.3 Å². The molecule has 2 aromatic carbocycles. The SMILES string of the molecule is C[C@H](c1ccccc1)N1Cc2cncn2[C@H](c2ccc(Br)cc2)C1=O. The number of nitrogens with zero attached hydrogens (tertiary/aromatic N) is 3. The van der Waals surface area contributed by atoms with E-state index in [0.717, 1.165) is 21.3 Å². The molecule has 1 aliphatic heterocycles. The molecule has 0 bridgehead atoms. The summed E-state index contributed by atoms with van der Waals surface area (Å²) < 4.78 is 2.99. The number of aromatic nitrogens is 2. The third-order valence-electron chi connectivity index (χ3n) is 4.81. The molecular formula is C20H18BrN3O. The maximum absolute atomic E-state index is 13.4. The van der Waals surface area contributed by atoms with Crippen molar-refractivity contribution in [3.8, 4) is 0 Å². The fourth-order valence-corrected chi connectivity index (χ4v) is 3.67. The first-order valence-corrected chi connectivity index (χ1v) is 9.06. The Morgan fingerprint density at radius 1 is 1.12 bits per heavy atom. The van der Waals surface area contributed by atoms with Crippen molar-refractivity contribution in [3.05, 3.63) is 88.4 Å². The Morgan fingerprint density at radius 2 is 1.84 bits per heavy atom. The van der Waals surface area contributed by atoms with E-state index in [1.807, 2.05) is 58.1 Å². The number of rotatable bonds is 3. The predicted octanol–water partition coefficient (Wildman–Crippen LogP) is 4.34. The number of hydrogen-bond donors (Lipinski definition) is 0. The quantitative estimate of drug-likeness (QED) is 0.661. The molecule has 0 N–H and O–H groups in total. The van der Waals surface area contributed by atoms with Gasteiger partial charge in [-0.3, -0.25) is 4.79 Å². The number of carbonyl (C=O) groups excluding carboxylic acids is 1. The second-order valence-electron chi connectivity index (χ2n) is 6.30. The van der Waals surface area contributed by atoms with E-state index in [-0.39, 0.29) is 18.0 Å². The van der Waals surface area contributed by atoms with Crippen molar-refractivity contribution in [3.63, 3.8) is 0 Å². The van der Waals surface area contributed by atoms with Gasteiger partial charge < -0.3 is 9.47 Å². The van der Waals surface area contributed by atoms with Crippen LogP contribution in [0.2, 0.25) is 0 Å². The molecule has 1 aliphatic rings. The average molecular weight is 396 g/mol. The molecular weight excluding hydrogens is 378 g/mol. The van der Waals surface area contributed by atoms with Crippen molar-refractivity contribution in [1.29, 1.82) is 0 Å². The van der Waals surface area contributed by atoms with Gasteiger partial charge in [-0.2, -0.15) is 0 Å². The van der Waals surface area contributed by atoms with Gasteiger partial charge in [0, 0.05) is 10.7 Å². The van der Waals surface area contributed by atoms with E-state index in [4.69, 9.17) is 0 Å². The van der Waals surface area contributed by atoms with Crippen molar-refractivity contribution < 1.29 is 4.79 Å². The fraction of sp³-hybridized carbons (Fsp3) is 0.200. The van der Waals surface area contributed by atoms with E-state index >= 15 is 0 Å². The first kappa shape index (κ1) is 16.1. The van der Waals surface area contributed by atoms with Gasteiger partial charge in [0.1, 0.15) is 6.04 Å². The summed E-state index contributed by atoms with van der Waals surface area (Å²) in [7, 11) is 0. The van der Waals surface area contributed by atoms with E-state index in [0.29, 0.717) is 6.54 Å². The Morgan fingerprint density at radius 3 is 2.56 bits per heavy atom. The number of amides is 1. The van der Waals surface area contributed by atoms with Gasteiger partial charge in [0.15, 0.2) is 0 Å². The summed E-state index contributed by atoms with van der Waals surface area (Å²) >= 11 is 3.46. The van der Waals surface area contributed by atoms with Crippen LogP contribution in [0.1, 0.15) is 35.8 Å². The molecule has 126 valence electrons. The molecule has 25 heavy (non-hydrogen) atoms. The molecule has 5 heteroatoms.